The molecule has 0 unspecified atom stereocenters. The van der Waals surface area contributed by atoms with Crippen molar-refractivity contribution in [3.8, 4) is 0 Å². The van der Waals surface area contributed by atoms with Crippen molar-refractivity contribution in [2.24, 2.45) is 0 Å². The molecule has 0 radical (unpaired) electrons. The summed E-state index contributed by atoms with van der Waals surface area (Å²) in [5.41, 5.74) is 1.99. The molecule has 2 nitrogen and oxygen atoms in total. The molecule has 0 amide bonds. The average molecular weight is 276 g/mol. The molecule has 2 aromatic rings. The van der Waals surface area contributed by atoms with Crippen LogP contribution in [0.1, 0.15) is 12.5 Å². The number of nitrogens with one attached hydrogen (secondary N) is 1. The van der Waals surface area contributed by atoms with Crippen LogP contribution in [0.15, 0.2) is 42.5 Å². The van der Waals surface area contributed by atoms with Gasteiger partial charge in [-0.1, -0.05) is 18.2 Å². The van der Waals surface area contributed by atoms with E-state index in [4.69, 9.17) is 0 Å². The van der Waals surface area contributed by atoms with E-state index < -0.39 is 0 Å². The molecule has 0 aliphatic carbocycles. The summed E-state index contributed by atoms with van der Waals surface area (Å²) in [7, 11) is 1.81. The fourth-order valence-corrected chi connectivity index (χ4v) is 2.31. The first-order valence-electron chi connectivity index (χ1n) is 6.62. The molecule has 0 atom stereocenters. The van der Waals surface area contributed by atoms with Gasteiger partial charge < -0.3 is 10.2 Å². The molecule has 2 rings (SSSR count). The molecule has 0 spiro atoms. The minimum Gasteiger partial charge on any atom is -0.339 e. The molecule has 4 heteroatoms. The smallest absolute Gasteiger partial charge is 0.147 e. The van der Waals surface area contributed by atoms with Crippen LogP contribution in [0.25, 0.3) is 0 Å². The monoisotopic (exact) mass is 276 g/mol. The van der Waals surface area contributed by atoms with Crippen LogP contribution in [0.4, 0.5) is 20.2 Å². The molecule has 106 valence electrons. The molecule has 20 heavy (non-hydrogen) atoms. The van der Waals surface area contributed by atoms with Crippen molar-refractivity contribution >= 4 is 11.4 Å². The third-order valence-electron chi connectivity index (χ3n) is 3.14. The lowest BCUT2D eigenvalue weighted by Crippen LogP contribution is -2.21. The summed E-state index contributed by atoms with van der Waals surface area (Å²) in [6.07, 6.45) is 0. The SMILES string of the molecule is CCN(c1cccc(F)c1)c1c(F)cccc1CNC. The molecular weight excluding hydrogens is 258 g/mol. The summed E-state index contributed by atoms with van der Waals surface area (Å²) in [5.74, 6) is -0.628. The van der Waals surface area contributed by atoms with Gasteiger partial charge in [0.05, 0.1) is 5.69 Å². The van der Waals surface area contributed by atoms with E-state index in [1.54, 1.807) is 23.1 Å². The highest BCUT2D eigenvalue weighted by molar-refractivity contribution is 5.67. The number of nitrogens with zero attached hydrogens (tertiary/aromatic N) is 1. The highest BCUT2D eigenvalue weighted by Crippen LogP contribution is 2.31. The third-order valence-corrected chi connectivity index (χ3v) is 3.14. The predicted molar refractivity (Wildman–Crippen MR) is 78.2 cm³/mol. The van der Waals surface area contributed by atoms with Gasteiger partial charge in [-0.15, -0.1) is 0 Å². The third kappa shape index (κ3) is 2.96. The van der Waals surface area contributed by atoms with Gasteiger partial charge in [-0.3, -0.25) is 0 Å². The molecule has 0 aliphatic heterocycles. The quantitative estimate of drug-likeness (QED) is 0.892. The largest absolute Gasteiger partial charge is 0.339 e. The van der Waals surface area contributed by atoms with Gasteiger partial charge in [0.1, 0.15) is 11.6 Å². The molecule has 0 heterocycles. The fourth-order valence-electron chi connectivity index (χ4n) is 2.31. The number of benzene rings is 2. The van der Waals surface area contributed by atoms with Gasteiger partial charge in [0, 0.05) is 18.8 Å². The zero-order valence-electron chi connectivity index (χ0n) is 11.7. The summed E-state index contributed by atoms with van der Waals surface area (Å²) >= 11 is 0. The Morgan fingerprint density at radius 1 is 1.10 bits per heavy atom. The van der Waals surface area contributed by atoms with E-state index in [0.717, 1.165) is 5.56 Å². The summed E-state index contributed by atoms with van der Waals surface area (Å²) in [4.78, 5) is 1.78. The number of rotatable bonds is 5. The first kappa shape index (κ1) is 14.5. The van der Waals surface area contributed by atoms with Crippen LogP contribution in [0.5, 0.6) is 0 Å². The zero-order chi connectivity index (χ0) is 14.5. The second-order valence-corrected chi connectivity index (χ2v) is 4.50. The number of halogens is 2. The van der Waals surface area contributed by atoms with Crippen LogP contribution in [0.3, 0.4) is 0 Å². The molecule has 0 fully saturated rings. The van der Waals surface area contributed by atoms with E-state index >= 15 is 0 Å². The normalized spacial score (nSPS) is 10.6. The Hall–Kier alpha value is -1.94. The molecule has 0 saturated heterocycles. The predicted octanol–water partition coefficient (Wildman–Crippen LogP) is 3.84. The fraction of sp³-hybridized carbons (Fsp3) is 0.250. The maximum Gasteiger partial charge on any atom is 0.147 e. The molecule has 0 bridgehead atoms. The van der Waals surface area contributed by atoms with Crippen molar-refractivity contribution in [2.75, 3.05) is 18.5 Å². The summed E-state index contributed by atoms with van der Waals surface area (Å²) in [5, 5.41) is 3.03. The Balaban J connectivity index is 2.51. The molecule has 1 N–H and O–H groups in total. The van der Waals surface area contributed by atoms with Crippen molar-refractivity contribution in [1.82, 2.24) is 5.32 Å². The first-order chi connectivity index (χ1) is 9.67. The lowest BCUT2D eigenvalue weighted by Gasteiger charge is -2.26. The van der Waals surface area contributed by atoms with Gasteiger partial charge >= 0.3 is 0 Å². The Morgan fingerprint density at radius 2 is 1.85 bits per heavy atom. The van der Waals surface area contributed by atoms with E-state index in [2.05, 4.69) is 5.32 Å². The second-order valence-electron chi connectivity index (χ2n) is 4.50. The van der Waals surface area contributed by atoms with Crippen LogP contribution >= 0.6 is 0 Å². The first-order valence-corrected chi connectivity index (χ1v) is 6.62. The van der Waals surface area contributed by atoms with Crippen molar-refractivity contribution in [3.63, 3.8) is 0 Å². The summed E-state index contributed by atoms with van der Waals surface area (Å²) in [6.45, 7) is 3.03. The van der Waals surface area contributed by atoms with Crippen LogP contribution in [0, 0.1) is 11.6 Å². The minimum absolute atomic E-state index is 0.302. The van der Waals surface area contributed by atoms with Crippen LogP contribution in [0.2, 0.25) is 0 Å². The van der Waals surface area contributed by atoms with Gasteiger partial charge in [0.15, 0.2) is 0 Å². The number of para-hydroxylation sites is 1. The zero-order valence-corrected chi connectivity index (χ0v) is 11.7. The maximum atomic E-state index is 14.2. The Bertz CT molecular complexity index is 584. The Morgan fingerprint density at radius 3 is 2.50 bits per heavy atom. The van der Waals surface area contributed by atoms with Gasteiger partial charge in [0.2, 0.25) is 0 Å². The molecule has 0 saturated carbocycles. The lowest BCUT2D eigenvalue weighted by atomic mass is 10.1. The Labute approximate surface area is 118 Å². The topological polar surface area (TPSA) is 15.3 Å². The maximum absolute atomic E-state index is 14.2. The van der Waals surface area contributed by atoms with E-state index in [9.17, 15) is 8.78 Å². The van der Waals surface area contributed by atoms with Crippen LogP contribution in [-0.4, -0.2) is 13.6 Å². The molecule has 0 aromatic heterocycles. The highest BCUT2D eigenvalue weighted by Gasteiger charge is 2.16. The van der Waals surface area contributed by atoms with Crippen molar-refractivity contribution in [1.29, 1.82) is 0 Å². The second kappa shape index (κ2) is 6.48. The molecular formula is C16H18F2N2. The van der Waals surface area contributed by atoms with Crippen LogP contribution < -0.4 is 10.2 Å². The average Bonchev–Trinajstić information content (AvgIpc) is 2.43. The van der Waals surface area contributed by atoms with E-state index in [1.165, 1.54) is 18.2 Å². The minimum atomic E-state index is -0.326. The summed E-state index contributed by atoms with van der Waals surface area (Å²) in [6, 6.07) is 11.2. The Kier molecular flexibility index (Phi) is 4.69. The van der Waals surface area contributed by atoms with Gasteiger partial charge in [-0.25, -0.2) is 8.78 Å². The van der Waals surface area contributed by atoms with E-state index in [-0.39, 0.29) is 11.6 Å². The van der Waals surface area contributed by atoms with Gasteiger partial charge in [-0.2, -0.15) is 0 Å². The number of hydrogen-bond acceptors (Lipinski definition) is 2. The molecule has 0 aliphatic rings. The lowest BCUT2D eigenvalue weighted by molar-refractivity contribution is 0.618. The number of anilines is 2. The van der Waals surface area contributed by atoms with E-state index in [1.807, 2.05) is 20.0 Å². The van der Waals surface area contributed by atoms with Gasteiger partial charge in [0.25, 0.3) is 0 Å². The van der Waals surface area contributed by atoms with Crippen molar-refractivity contribution in [3.05, 3.63) is 59.7 Å². The highest BCUT2D eigenvalue weighted by atomic mass is 19.1. The standard InChI is InChI=1S/C16H18F2N2/c1-3-20(14-8-5-7-13(17)10-14)16-12(11-19-2)6-4-9-15(16)18/h4-10,19H,3,11H2,1-2H3. The van der Waals surface area contributed by atoms with E-state index in [0.29, 0.717) is 24.5 Å². The van der Waals surface area contributed by atoms with Crippen molar-refractivity contribution in [2.45, 2.75) is 13.5 Å². The van der Waals surface area contributed by atoms with Gasteiger partial charge in [-0.05, 0) is 43.8 Å². The summed E-state index contributed by atoms with van der Waals surface area (Å²) < 4.78 is 27.6. The van der Waals surface area contributed by atoms with Crippen molar-refractivity contribution < 1.29 is 8.78 Å². The number of hydrogen-bond donors (Lipinski definition) is 1. The van der Waals surface area contributed by atoms with Crippen LogP contribution in [-0.2, 0) is 6.54 Å². The molecule has 2 aromatic carbocycles.